The number of hydrogen-bond donors (Lipinski definition) is 1. The fourth-order valence-corrected chi connectivity index (χ4v) is 3.87. The van der Waals surface area contributed by atoms with Gasteiger partial charge in [0.05, 0.1) is 33.5 Å². The number of halogens is 1. The minimum absolute atomic E-state index is 0.137. The quantitative estimate of drug-likeness (QED) is 0.681. The second-order valence-corrected chi connectivity index (χ2v) is 7.84. The molecule has 6 nitrogen and oxygen atoms in total. The zero-order valence-electron chi connectivity index (χ0n) is 17.0. The molecule has 0 aromatic heterocycles. The van der Waals surface area contributed by atoms with Crippen LogP contribution in [0.3, 0.4) is 0 Å². The van der Waals surface area contributed by atoms with Crippen LogP contribution in [0.5, 0.6) is 11.5 Å². The third kappa shape index (κ3) is 5.50. The normalized spacial score (nSPS) is 15.6. The number of nitrogens with zero attached hydrogens (tertiary/aromatic N) is 1. The van der Waals surface area contributed by atoms with Crippen molar-refractivity contribution in [3.05, 3.63) is 57.6 Å². The van der Waals surface area contributed by atoms with Gasteiger partial charge in [-0.3, -0.25) is 9.69 Å². The maximum atomic E-state index is 13.1. The lowest BCUT2D eigenvalue weighted by molar-refractivity contribution is 0.0332. The van der Waals surface area contributed by atoms with E-state index in [0.29, 0.717) is 21.5 Å². The van der Waals surface area contributed by atoms with E-state index >= 15 is 0 Å². The first-order valence-electron chi connectivity index (χ1n) is 9.61. The summed E-state index contributed by atoms with van der Waals surface area (Å²) in [5, 5.41) is 3.19. The Morgan fingerprint density at radius 1 is 1.14 bits per heavy atom. The Balaban J connectivity index is 1.84. The Labute approximate surface area is 180 Å². The van der Waals surface area contributed by atoms with Crippen molar-refractivity contribution in [1.82, 2.24) is 10.2 Å². The standard InChI is InChI=1S/C22H27BrN2O4/c1-15-4-6-16(7-5-15)18(14-25-8-10-29-11-9-25)24-22(26)17-12-19(27-2)21(23)20(13-17)28-3/h4-7,12-13,18H,8-11,14H2,1-3H3,(H,24,26)/t18-/m1/s1. The topological polar surface area (TPSA) is 60.0 Å². The highest BCUT2D eigenvalue weighted by atomic mass is 79.9. The van der Waals surface area contributed by atoms with E-state index in [9.17, 15) is 4.79 Å². The van der Waals surface area contributed by atoms with Gasteiger partial charge in [0.2, 0.25) is 0 Å². The number of carbonyl (C=O) groups excluding carboxylic acids is 1. The van der Waals surface area contributed by atoms with E-state index in [4.69, 9.17) is 14.2 Å². The van der Waals surface area contributed by atoms with Crippen LogP contribution in [0.1, 0.15) is 27.5 Å². The molecule has 0 saturated carbocycles. The van der Waals surface area contributed by atoms with Crippen LogP contribution in [0.4, 0.5) is 0 Å². The molecule has 156 valence electrons. The van der Waals surface area contributed by atoms with Gasteiger partial charge < -0.3 is 19.5 Å². The lowest BCUT2D eigenvalue weighted by Gasteiger charge is -2.31. The molecular weight excluding hydrogens is 436 g/mol. The lowest BCUT2D eigenvalue weighted by atomic mass is 10.0. The van der Waals surface area contributed by atoms with Gasteiger partial charge in [-0.2, -0.15) is 0 Å². The summed E-state index contributed by atoms with van der Waals surface area (Å²) in [6, 6.07) is 11.6. The maximum Gasteiger partial charge on any atom is 0.252 e. The van der Waals surface area contributed by atoms with Crippen LogP contribution in [0.15, 0.2) is 40.9 Å². The van der Waals surface area contributed by atoms with E-state index < -0.39 is 0 Å². The third-order valence-corrected chi connectivity index (χ3v) is 5.82. The van der Waals surface area contributed by atoms with Crippen molar-refractivity contribution in [2.45, 2.75) is 13.0 Å². The maximum absolute atomic E-state index is 13.1. The summed E-state index contributed by atoms with van der Waals surface area (Å²) in [5.74, 6) is 0.928. The highest BCUT2D eigenvalue weighted by molar-refractivity contribution is 9.10. The number of morpholine rings is 1. The van der Waals surface area contributed by atoms with E-state index in [0.717, 1.165) is 38.4 Å². The fraction of sp³-hybridized carbons (Fsp3) is 0.409. The Bertz CT molecular complexity index is 810. The Morgan fingerprint density at radius 3 is 2.28 bits per heavy atom. The predicted octanol–water partition coefficient (Wildman–Crippen LogP) is 3.58. The molecule has 2 aromatic carbocycles. The molecule has 7 heteroatoms. The van der Waals surface area contributed by atoms with Gasteiger partial charge in [0, 0.05) is 25.2 Å². The molecule has 1 amide bonds. The number of hydrogen-bond acceptors (Lipinski definition) is 5. The summed E-state index contributed by atoms with van der Waals surface area (Å²) in [6.45, 7) is 5.93. The molecule has 0 spiro atoms. The van der Waals surface area contributed by atoms with Crippen LogP contribution in [0.25, 0.3) is 0 Å². The van der Waals surface area contributed by atoms with Crippen LogP contribution in [0.2, 0.25) is 0 Å². The van der Waals surface area contributed by atoms with Crippen molar-refractivity contribution in [2.75, 3.05) is 47.1 Å². The van der Waals surface area contributed by atoms with Crippen molar-refractivity contribution >= 4 is 21.8 Å². The number of methoxy groups -OCH3 is 2. The number of benzene rings is 2. The number of nitrogens with one attached hydrogen (secondary N) is 1. The van der Waals surface area contributed by atoms with Gasteiger partial charge in [-0.15, -0.1) is 0 Å². The first kappa shape index (κ1) is 21.6. The first-order chi connectivity index (χ1) is 14.0. The Morgan fingerprint density at radius 2 is 1.72 bits per heavy atom. The number of carbonyl (C=O) groups is 1. The minimum Gasteiger partial charge on any atom is -0.495 e. The summed E-state index contributed by atoms with van der Waals surface area (Å²) in [4.78, 5) is 15.4. The number of aryl methyl sites for hydroxylation is 1. The molecule has 1 heterocycles. The molecule has 1 fully saturated rings. The van der Waals surface area contributed by atoms with Gasteiger partial charge in [-0.25, -0.2) is 0 Å². The van der Waals surface area contributed by atoms with Gasteiger partial charge in [0.1, 0.15) is 16.0 Å². The number of ether oxygens (including phenoxy) is 3. The number of amides is 1. The molecule has 1 saturated heterocycles. The first-order valence-corrected chi connectivity index (χ1v) is 10.4. The molecule has 2 aromatic rings. The summed E-state index contributed by atoms with van der Waals surface area (Å²) in [7, 11) is 3.13. The molecule has 0 radical (unpaired) electrons. The van der Waals surface area contributed by atoms with Crippen molar-refractivity contribution in [3.8, 4) is 11.5 Å². The number of rotatable bonds is 7. The van der Waals surface area contributed by atoms with Crippen molar-refractivity contribution in [2.24, 2.45) is 0 Å². The summed E-state index contributed by atoms with van der Waals surface area (Å²) >= 11 is 3.44. The van der Waals surface area contributed by atoms with Crippen LogP contribution < -0.4 is 14.8 Å². The molecule has 29 heavy (non-hydrogen) atoms. The molecule has 1 aliphatic heterocycles. The predicted molar refractivity (Wildman–Crippen MR) is 116 cm³/mol. The molecule has 1 aliphatic rings. The van der Waals surface area contributed by atoms with Crippen LogP contribution >= 0.6 is 15.9 Å². The largest absolute Gasteiger partial charge is 0.495 e. The highest BCUT2D eigenvalue weighted by Gasteiger charge is 2.22. The van der Waals surface area contributed by atoms with E-state index in [1.165, 1.54) is 5.56 Å². The summed E-state index contributed by atoms with van der Waals surface area (Å²) in [6.07, 6.45) is 0. The second kappa shape index (κ2) is 10.1. The van der Waals surface area contributed by atoms with Crippen molar-refractivity contribution in [1.29, 1.82) is 0 Å². The second-order valence-electron chi connectivity index (χ2n) is 7.04. The lowest BCUT2D eigenvalue weighted by Crippen LogP contribution is -2.43. The Hall–Kier alpha value is -2.09. The van der Waals surface area contributed by atoms with E-state index in [-0.39, 0.29) is 11.9 Å². The molecule has 3 rings (SSSR count). The third-order valence-electron chi connectivity index (χ3n) is 5.04. The van der Waals surface area contributed by atoms with Crippen molar-refractivity contribution in [3.63, 3.8) is 0 Å². The average Bonchev–Trinajstić information content (AvgIpc) is 2.74. The van der Waals surface area contributed by atoms with Crippen molar-refractivity contribution < 1.29 is 19.0 Å². The molecule has 1 N–H and O–H groups in total. The zero-order valence-corrected chi connectivity index (χ0v) is 18.6. The van der Waals surface area contributed by atoms with Crippen LogP contribution in [-0.4, -0.2) is 57.9 Å². The summed E-state index contributed by atoms with van der Waals surface area (Å²) in [5.41, 5.74) is 2.75. The van der Waals surface area contributed by atoms with E-state index in [1.54, 1.807) is 26.4 Å². The molecule has 0 unspecified atom stereocenters. The Kier molecular flexibility index (Phi) is 7.52. The van der Waals surface area contributed by atoms with Gasteiger partial charge in [0.15, 0.2) is 0 Å². The zero-order chi connectivity index (χ0) is 20.8. The highest BCUT2D eigenvalue weighted by Crippen LogP contribution is 2.35. The molecule has 0 bridgehead atoms. The molecule has 0 aliphatic carbocycles. The summed E-state index contributed by atoms with van der Waals surface area (Å²) < 4.78 is 16.9. The van der Waals surface area contributed by atoms with Gasteiger partial charge in [0.25, 0.3) is 5.91 Å². The van der Waals surface area contributed by atoms with Crippen LogP contribution in [0, 0.1) is 6.92 Å². The smallest absolute Gasteiger partial charge is 0.252 e. The van der Waals surface area contributed by atoms with Crippen LogP contribution in [-0.2, 0) is 4.74 Å². The molecule has 1 atom stereocenters. The van der Waals surface area contributed by atoms with Gasteiger partial charge in [-0.05, 0) is 40.5 Å². The average molecular weight is 463 g/mol. The molecular formula is C22H27BrN2O4. The van der Waals surface area contributed by atoms with Gasteiger partial charge in [-0.1, -0.05) is 29.8 Å². The van der Waals surface area contributed by atoms with E-state index in [1.807, 2.05) is 0 Å². The van der Waals surface area contributed by atoms with Gasteiger partial charge >= 0.3 is 0 Å². The minimum atomic E-state index is -0.173. The SMILES string of the molecule is COc1cc(C(=O)N[C@H](CN2CCOCC2)c2ccc(C)cc2)cc(OC)c1Br. The monoisotopic (exact) mass is 462 g/mol. The van der Waals surface area contributed by atoms with E-state index in [2.05, 4.69) is 57.3 Å². The fourth-order valence-electron chi connectivity index (χ4n) is 3.32.